The normalized spacial score (nSPS) is 13.8. The molecule has 0 bridgehead atoms. The summed E-state index contributed by atoms with van der Waals surface area (Å²) >= 11 is 0. The summed E-state index contributed by atoms with van der Waals surface area (Å²) < 4.78 is 27.3. The molecule has 0 aliphatic heterocycles. The summed E-state index contributed by atoms with van der Waals surface area (Å²) in [6, 6.07) is 3.73. The minimum Gasteiger partial charge on any atom is -0.393 e. The van der Waals surface area contributed by atoms with Crippen LogP contribution in [-0.4, -0.2) is 26.2 Å². The molecule has 0 aliphatic carbocycles. The standard InChI is InChI=1S/C15H25NO3S/c1-10(2)14(17)6-7-16-20(18,19)15-12(4)8-11(3)9-13(15)5/h8-10,14,16-17H,6-7H2,1-5H3. The molecule has 5 heteroatoms. The predicted molar refractivity (Wildman–Crippen MR) is 81.3 cm³/mol. The average molecular weight is 299 g/mol. The van der Waals surface area contributed by atoms with Gasteiger partial charge in [-0.05, 0) is 44.2 Å². The molecule has 114 valence electrons. The van der Waals surface area contributed by atoms with E-state index in [1.807, 2.05) is 32.9 Å². The number of rotatable bonds is 6. The molecule has 0 saturated heterocycles. The molecule has 4 nitrogen and oxygen atoms in total. The Morgan fingerprint density at radius 2 is 1.65 bits per heavy atom. The van der Waals surface area contributed by atoms with Crippen LogP contribution >= 0.6 is 0 Å². The third-order valence-corrected chi connectivity index (χ3v) is 5.14. The van der Waals surface area contributed by atoms with Crippen LogP contribution in [0.3, 0.4) is 0 Å². The first-order valence-corrected chi connectivity index (χ1v) is 8.39. The lowest BCUT2D eigenvalue weighted by Gasteiger charge is -2.16. The van der Waals surface area contributed by atoms with Crippen molar-refractivity contribution in [3.05, 3.63) is 28.8 Å². The second-order valence-electron chi connectivity index (χ2n) is 5.73. The number of nitrogens with one attached hydrogen (secondary N) is 1. The predicted octanol–water partition coefficient (Wildman–Crippen LogP) is 2.30. The van der Waals surface area contributed by atoms with Crippen molar-refractivity contribution in [3.8, 4) is 0 Å². The molecule has 0 aromatic heterocycles. The highest BCUT2D eigenvalue weighted by atomic mass is 32.2. The van der Waals surface area contributed by atoms with Gasteiger partial charge in [0.05, 0.1) is 11.0 Å². The van der Waals surface area contributed by atoms with E-state index in [-0.39, 0.29) is 12.5 Å². The molecule has 0 radical (unpaired) electrons. The summed E-state index contributed by atoms with van der Waals surface area (Å²) in [7, 11) is -3.52. The van der Waals surface area contributed by atoms with E-state index in [2.05, 4.69) is 4.72 Å². The number of hydrogen-bond acceptors (Lipinski definition) is 3. The number of aryl methyl sites for hydroxylation is 3. The van der Waals surface area contributed by atoms with Gasteiger partial charge in [-0.3, -0.25) is 0 Å². The second kappa shape index (κ2) is 6.70. The lowest BCUT2D eigenvalue weighted by molar-refractivity contribution is 0.118. The molecule has 1 unspecified atom stereocenters. The van der Waals surface area contributed by atoms with Crippen LogP contribution in [0.25, 0.3) is 0 Å². The first-order valence-electron chi connectivity index (χ1n) is 6.90. The van der Waals surface area contributed by atoms with Gasteiger partial charge in [0.25, 0.3) is 0 Å². The second-order valence-corrected chi connectivity index (χ2v) is 7.43. The van der Waals surface area contributed by atoms with Crippen LogP contribution in [0.4, 0.5) is 0 Å². The van der Waals surface area contributed by atoms with Crippen LogP contribution in [0.1, 0.15) is 37.0 Å². The van der Waals surface area contributed by atoms with Crippen molar-refractivity contribution < 1.29 is 13.5 Å². The average Bonchev–Trinajstić information content (AvgIpc) is 2.26. The van der Waals surface area contributed by atoms with Crippen LogP contribution in [0.5, 0.6) is 0 Å². The molecule has 1 rings (SSSR count). The van der Waals surface area contributed by atoms with Gasteiger partial charge in [0.1, 0.15) is 0 Å². The van der Waals surface area contributed by atoms with E-state index in [1.54, 1.807) is 13.8 Å². The zero-order chi connectivity index (χ0) is 15.5. The molecule has 1 aromatic rings. The molecule has 0 spiro atoms. The van der Waals surface area contributed by atoms with Gasteiger partial charge >= 0.3 is 0 Å². The van der Waals surface area contributed by atoms with E-state index in [1.165, 1.54) is 0 Å². The van der Waals surface area contributed by atoms with Crippen molar-refractivity contribution in [2.45, 2.75) is 52.0 Å². The van der Waals surface area contributed by atoms with Gasteiger partial charge in [-0.1, -0.05) is 31.5 Å². The van der Waals surface area contributed by atoms with Crippen LogP contribution in [-0.2, 0) is 10.0 Å². The molecule has 1 aromatic carbocycles. The van der Waals surface area contributed by atoms with Crippen LogP contribution < -0.4 is 4.72 Å². The Kier molecular flexibility index (Phi) is 5.74. The summed E-state index contributed by atoms with van der Waals surface area (Å²) in [5, 5.41) is 9.70. The third kappa shape index (κ3) is 4.30. The Morgan fingerprint density at radius 3 is 2.10 bits per heavy atom. The van der Waals surface area contributed by atoms with Crippen molar-refractivity contribution in [1.82, 2.24) is 4.72 Å². The topological polar surface area (TPSA) is 66.4 Å². The fourth-order valence-corrected chi connectivity index (χ4v) is 3.83. The highest BCUT2D eigenvalue weighted by Gasteiger charge is 2.20. The number of hydrogen-bond donors (Lipinski definition) is 2. The van der Waals surface area contributed by atoms with Gasteiger partial charge in [-0.2, -0.15) is 0 Å². The lowest BCUT2D eigenvalue weighted by Crippen LogP contribution is -2.29. The van der Waals surface area contributed by atoms with Crippen molar-refractivity contribution in [1.29, 1.82) is 0 Å². The molecule has 0 saturated carbocycles. The van der Waals surface area contributed by atoms with Crippen molar-refractivity contribution in [3.63, 3.8) is 0 Å². The Balaban J connectivity index is 2.85. The van der Waals surface area contributed by atoms with Gasteiger partial charge in [0.15, 0.2) is 0 Å². The lowest BCUT2D eigenvalue weighted by atomic mass is 10.1. The van der Waals surface area contributed by atoms with Gasteiger partial charge < -0.3 is 5.11 Å². The smallest absolute Gasteiger partial charge is 0.241 e. The molecule has 1 atom stereocenters. The van der Waals surface area contributed by atoms with Crippen LogP contribution in [0, 0.1) is 26.7 Å². The summed E-state index contributed by atoms with van der Waals surface area (Å²) in [6.07, 6.45) is -0.0705. The Bertz CT molecular complexity index is 541. The van der Waals surface area contributed by atoms with Crippen LogP contribution in [0.15, 0.2) is 17.0 Å². The first kappa shape index (κ1) is 17.1. The molecule has 0 heterocycles. The zero-order valence-electron chi connectivity index (χ0n) is 12.9. The number of aliphatic hydroxyl groups excluding tert-OH is 1. The third-order valence-electron chi connectivity index (χ3n) is 3.38. The minimum atomic E-state index is -3.52. The Hall–Kier alpha value is -0.910. The van der Waals surface area contributed by atoms with E-state index in [9.17, 15) is 13.5 Å². The maximum Gasteiger partial charge on any atom is 0.241 e. The fourth-order valence-electron chi connectivity index (χ4n) is 2.34. The summed E-state index contributed by atoms with van der Waals surface area (Å²) in [4.78, 5) is 0.349. The largest absolute Gasteiger partial charge is 0.393 e. The highest BCUT2D eigenvalue weighted by Crippen LogP contribution is 2.21. The first-order chi connectivity index (χ1) is 9.15. The van der Waals surface area contributed by atoms with E-state index in [4.69, 9.17) is 0 Å². The fraction of sp³-hybridized carbons (Fsp3) is 0.600. The number of benzene rings is 1. The van der Waals surface area contributed by atoms with Crippen molar-refractivity contribution in [2.75, 3.05) is 6.54 Å². The Morgan fingerprint density at radius 1 is 1.15 bits per heavy atom. The number of aliphatic hydroxyl groups is 1. The maximum absolute atomic E-state index is 12.3. The molecule has 20 heavy (non-hydrogen) atoms. The quantitative estimate of drug-likeness (QED) is 0.847. The van der Waals surface area contributed by atoms with Crippen LogP contribution in [0.2, 0.25) is 0 Å². The van der Waals surface area contributed by atoms with Gasteiger partial charge in [0.2, 0.25) is 10.0 Å². The molecule has 0 aliphatic rings. The number of sulfonamides is 1. The maximum atomic E-state index is 12.3. The molecular weight excluding hydrogens is 274 g/mol. The van der Waals surface area contributed by atoms with Gasteiger partial charge in [-0.15, -0.1) is 0 Å². The van der Waals surface area contributed by atoms with E-state index >= 15 is 0 Å². The van der Waals surface area contributed by atoms with E-state index in [0.29, 0.717) is 11.3 Å². The minimum absolute atomic E-state index is 0.127. The summed E-state index contributed by atoms with van der Waals surface area (Å²) in [5.74, 6) is 0.127. The highest BCUT2D eigenvalue weighted by molar-refractivity contribution is 7.89. The van der Waals surface area contributed by atoms with Gasteiger partial charge in [-0.25, -0.2) is 13.1 Å². The molecule has 0 amide bonds. The van der Waals surface area contributed by atoms with E-state index < -0.39 is 16.1 Å². The monoisotopic (exact) mass is 299 g/mol. The molecule has 2 N–H and O–H groups in total. The SMILES string of the molecule is Cc1cc(C)c(S(=O)(=O)NCCC(O)C(C)C)c(C)c1. The van der Waals surface area contributed by atoms with Crippen molar-refractivity contribution in [2.24, 2.45) is 5.92 Å². The van der Waals surface area contributed by atoms with E-state index in [0.717, 1.165) is 16.7 Å². The summed E-state index contributed by atoms with van der Waals surface area (Å²) in [6.45, 7) is 9.62. The Labute approximate surface area is 122 Å². The molecule has 0 fully saturated rings. The van der Waals surface area contributed by atoms with Crippen molar-refractivity contribution >= 4 is 10.0 Å². The summed E-state index contributed by atoms with van der Waals surface area (Å²) in [5.41, 5.74) is 2.55. The zero-order valence-corrected chi connectivity index (χ0v) is 13.7. The van der Waals surface area contributed by atoms with Gasteiger partial charge in [0, 0.05) is 6.54 Å². The molecular formula is C15H25NO3S.